The summed E-state index contributed by atoms with van der Waals surface area (Å²) in [5.74, 6) is 0. The fraction of sp³-hybridized carbons (Fsp3) is 0.900. The summed E-state index contributed by atoms with van der Waals surface area (Å²) in [7, 11) is 0. The lowest BCUT2D eigenvalue weighted by atomic mass is 9.94. The molecule has 4 heteroatoms. The number of carbonyl (C=O) groups excluding carboxylic acids is 1. The second-order valence-electron chi connectivity index (χ2n) is 4.30. The third-order valence-electron chi connectivity index (χ3n) is 2.37. The minimum absolute atomic E-state index is 0.0739. The number of rotatable bonds is 2. The van der Waals surface area contributed by atoms with Gasteiger partial charge in [0.25, 0.3) is 0 Å². The van der Waals surface area contributed by atoms with Gasteiger partial charge in [-0.25, -0.2) is 4.79 Å². The molecule has 0 spiro atoms. The monoisotopic (exact) mass is 200 g/mol. The Labute approximate surface area is 85.4 Å². The fourth-order valence-corrected chi connectivity index (χ4v) is 1.75. The van der Waals surface area contributed by atoms with E-state index in [1.807, 2.05) is 6.92 Å². The molecule has 0 radical (unpaired) electrons. The standard InChI is InChI=1S/C10H20N2O2/c1-4-11-9(13)12-8-5-6-14-10(2,3)7-8/h8H,4-7H2,1-3H3,(H2,11,12,13). The van der Waals surface area contributed by atoms with Crippen molar-refractivity contribution in [2.75, 3.05) is 13.2 Å². The molecule has 0 saturated carbocycles. The summed E-state index contributed by atoms with van der Waals surface area (Å²) in [5.41, 5.74) is -0.109. The van der Waals surface area contributed by atoms with Crippen LogP contribution in [0.2, 0.25) is 0 Å². The van der Waals surface area contributed by atoms with Crippen molar-refractivity contribution in [3.05, 3.63) is 0 Å². The van der Waals surface area contributed by atoms with E-state index in [1.165, 1.54) is 0 Å². The first-order valence-corrected chi connectivity index (χ1v) is 5.22. The molecule has 2 amide bonds. The molecule has 1 atom stereocenters. The molecule has 0 aromatic heterocycles. The highest BCUT2D eigenvalue weighted by Gasteiger charge is 2.29. The summed E-state index contributed by atoms with van der Waals surface area (Å²) < 4.78 is 5.57. The number of hydrogen-bond acceptors (Lipinski definition) is 2. The first-order chi connectivity index (χ1) is 6.53. The van der Waals surface area contributed by atoms with Crippen molar-refractivity contribution >= 4 is 6.03 Å². The van der Waals surface area contributed by atoms with Gasteiger partial charge in [-0.3, -0.25) is 0 Å². The number of ether oxygens (including phenoxy) is 1. The lowest BCUT2D eigenvalue weighted by molar-refractivity contribution is -0.0611. The Kier molecular flexibility index (Phi) is 3.75. The molecule has 1 heterocycles. The molecule has 4 nitrogen and oxygen atoms in total. The Balaban J connectivity index is 2.34. The molecule has 2 N–H and O–H groups in total. The average Bonchev–Trinajstić information content (AvgIpc) is 2.02. The van der Waals surface area contributed by atoms with Crippen LogP contribution >= 0.6 is 0 Å². The van der Waals surface area contributed by atoms with Crippen LogP contribution < -0.4 is 10.6 Å². The van der Waals surface area contributed by atoms with E-state index in [-0.39, 0.29) is 17.7 Å². The quantitative estimate of drug-likeness (QED) is 0.705. The highest BCUT2D eigenvalue weighted by molar-refractivity contribution is 5.74. The summed E-state index contributed by atoms with van der Waals surface area (Å²) in [6.07, 6.45) is 1.78. The molecular formula is C10H20N2O2. The number of urea groups is 1. The Morgan fingerprint density at radius 1 is 1.57 bits per heavy atom. The molecule has 1 aliphatic heterocycles. The molecule has 0 aromatic carbocycles. The molecule has 14 heavy (non-hydrogen) atoms. The predicted molar refractivity (Wildman–Crippen MR) is 55.3 cm³/mol. The van der Waals surface area contributed by atoms with E-state index in [0.717, 1.165) is 19.4 Å². The van der Waals surface area contributed by atoms with E-state index in [2.05, 4.69) is 24.5 Å². The summed E-state index contributed by atoms with van der Waals surface area (Å²) in [6.45, 7) is 7.41. The maximum atomic E-state index is 11.3. The van der Waals surface area contributed by atoms with Gasteiger partial charge in [-0.1, -0.05) is 0 Å². The number of amides is 2. The van der Waals surface area contributed by atoms with Crippen LogP contribution in [0.5, 0.6) is 0 Å². The Bertz CT molecular complexity index is 204. The number of nitrogens with one attached hydrogen (secondary N) is 2. The average molecular weight is 200 g/mol. The molecule has 1 unspecified atom stereocenters. The van der Waals surface area contributed by atoms with Crippen molar-refractivity contribution in [3.8, 4) is 0 Å². The second kappa shape index (κ2) is 4.64. The lowest BCUT2D eigenvalue weighted by Gasteiger charge is -2.35. The van der Waals surface area contributed by atoms with E-state index >= 15 is 0 Å². The molecule has 0 bridgehead atoms. The van der Waals surface area contributed by atoms with Gasteiger partial charge in [0.05, 0.1) is 5.60 Å². The highest BCUT2D eigenvalue weighted by atomic mass is 16.5. The van der Waals surface area contributed by atoms with Crippen molar-refractivity contribution in [2.24, 2.45) is 0 Å². The molecular weight excluding hydrogens is 180 g/mol. The van der Waals surface area contributed by atoms with Crippen LogP contribution in [0.4, 0.5) is 4.79 Å². The largest absolute Gasteiger partial charge is 0.375 e. The number of hydrogen-bond donors (Lipinski definition) is 2. The first kappa shape index (κ1) is 11.3. The van der Waals surface area contributed by atoms with Gasteiger partial charge < -0.3 is 15.4 Å². The smallest absolute Gasteiger partial charge is 0.314 e. The van der Waals surface area contributed by atoms with Gasteiger partial charge >= 0.3 is 6.03 Å². The zero-order valence-corrected chi connectivity index (χ0v) is 9.22. The predicted octanol–water partition coefficient (Wildman–Crippen LogP) is 1.26. The van der Waals surface area contributed by atoms with Gasteiger partial charge in [0, 0.05) is 19.2 Å². The van der Waals surface area contributed by atoms with E-state index < -0.39 is 0 Å². The molecule has 1 fully saturated rings. The molecule has 1 rings (SSSR count). The number of carbonyl (C=O) groups is 1. The third kappa shape index (κ3) is 3.54. The van der Waals surface area contributed by atoms with E-state index in [9.17, 15) is 4.79 Å². The van der Waals surface area contributed by atoms with Gasteiger partial charge in [-0.15, -0.1) is 0 Å². The highest BCUT2D eigenvalue weighted by Crippen LogP contribution is 2.23. The first-order valence-electron chi connectivity index (χ1n) is 5.22. The maximum absolute atomic E-state index is 11.3. The minimum Gasteiger partial charge on any atom is -0.375 e. The van der Waals surface area contributed by atoms with Crippen molar-refractivity contribution in [1.82, 2.24) is 10.6 Å². The molecule has 0 aromatic rings. The second-order valence-corrected chi connectivity index (χ2v) is 4.30. The van der Waals surface area contributed by atoms with E-state index in [0.29, 0.717) is 6.54 Å². The van der Waals surface area contributed by atoms with E-state index in [4.69, 9.17) is 4.74 Å². The lowest BCUT2D eigenvalue weighted by Crippen LogP contribution is -2.48. The minimum atomic E-state index is -0.109. The van der Waals surface area contributed by atoms with Crippen LogP contribution in [0, 0.1) is 0 Å². The topological polar surface area (TPSA) is 50.4 Å². The van der Waals surface area contributed by atoms with Gasteiger partial charge in [-0.05, 0) is 33.6 Å². The normalized spacial score (nSPS) is 25.5. The molecule has 0 aliphatic carbocycles. The van der Waals surface area contributed by atoms with Crippen molar-refractivity contribution < 1.29 is 9.53 Å². The maximum Gasteiger partial charge on any atom is 0.314 e. The summed E-state index contributed by atoms with van der Waals surface area (Å²) >= 11 is 0. The summed E-state index contributed by atoms with van der Waals surface area (Å²) in [5, 5.41) is 5.67. The van der Waals surface area contributed by atoms with Crippen LogP contribution in [0.1, 0.15) is 33.6 Å². The molecule has 82 valence electrons. The van der Waals surface area contributed by atoms with Crippen LogP contribution in [0.25, 0.3) is 0 Å². The van der Waals surface area contributed by atoms with Crippen molar-refractivity contribution in [3.63, 3.8) is 0 Å². The SMILES string of the molecule is CCNC(=O)NC1CCOC(C)(C)C1. The molecule has 1 saturated heterocycles. The van der Waals surface area contributed by atoms with Gasteiger partial charge in [0.15, 0.2) is 0 Å². The van der Waals surface area contributed by atoms with Gasteiger partial charge in [0.1, 0.15) is 0 Å². The summed E-state index contributed by atoms with van der Waals surface area (Å²) in [4.78, 5) is 11.3. The Morgan fingerprint density at radius 2 is 2.29 bits per heavy atom. The zero-order valence-electron chi connectivity index (χ0n) is 9.22. The van der Waals surface area contributed by atoms with Crippen LogP contribution in [0.15, 0.2) is 0 Å². The van der Waals surface area contributed by atoms with Crippen molar-refractivity contribution in [2.45, 2.75) is 45.3 Å². The fourth-order valence-electron chi connectivity index (χ4n) is 1.75. The van der Waals surface area contributed by atoms with Gasteiger partial charge in [0.2, 0.25) is 0 Å². The van der Waals surface area contributed by atoms with Crippen LogP contribution in [-0.4, -0.2) is 30.8 Å². The zero-order chi connectivity index (χ0) is 10.6. The third-order valence-corrected chi connectivity index (χ3v) is 2.37. The Morgan fingerprint density at radius 3 is 2.86 bits per heavy atom. The van der Waals surface area contributed by atoms with Crippen LogP contribution in [0.3, 0.4) is 0 Å². The Hall–Kier alpha value is -0.770. The molecule has 1 aliphatic rings. The van der Waals surface area contributed by atoms with E-state index in [1.54, 1.807) is 0 Å². The summed E-state index contributed by atoms with van der Waals surface area (Å²) in [6, 6.07) is 0.167. The van der Waals surface area contributed by atoms with Gasteiger partial charge in [-0.2, -0.15) is 0 Å². The van der Waals surface area contributed by atoms with Crippen molar-refractivity contribution in [1.29, 1.82) is 0 Å². The van der Waals surface area contributed by atoms with Crippen LogP contribution in [-0.2, 0) is 4.74 Å².